The van der Waals surface area contributed by atoms with E-state index in [9.17, 15) is 8.78 Å². The van der Waals surface area contributed by atoms with Crippen LogP contribution in [0.4, 0.5) is 8.78 Å². The smallest absolute Gasteiger partial charge is 0.163 e. The molecule has 0 bridgehead atoms. The highest BCUT2D eigenvalue weighted by molar-refractivity contribution is 9.09. The second-order valence-electron chi connectivity index (χ2n) is 5.00. The van der Waals surface area contributed by atoms with Gasteiger partial charge in [-0.05, 0) is 28.8 Å². The van der Waals surface area contributed by atoms with E-state index in [-0.39, 0.29) is 4.83 Å². The highest BCUT2D eigenvalue weighted by Crippen LogP contribution is 2.30. The fourth-order valence-electron chi connectivity index (χ4n) is 2.45. The lowest BCUT2D eigenvalue weighted by atomic mass is 10.0. The normalized spacial score (nSPS) is 12.5. The van der Waals surface area contributed by atoms with E-state index in [1.807, 2.05) is 30.3 Å². The average molecular weight is 347 g/mol. The van der Waals surface area contributed by atoms with Crippen molar-refractivity contribution in [1.29, 1.82) is 0 Å². The Balaban J connectivity index is 1.89. The minimum absolute atomic E-state index is 0.255. The van der Waals surface area contributed by atoms with Gasteiger partial charge in [-0.15, -0.1) is 0 Å². The molecule has 1 atom stereocenters. The summed E-state index contributed by atoms with van der Waals surface area (Å²) >= 11 is 3.47. The van der Waals surface area contributed by atoms with E-state index in [2.05, 4.69) is 28.1 Å². The van der Waals surface area contributed by atoms with Crippen LogP contribution < -0.4 is 0 Å². The molecule has 3 aromatic carbocycles. The highest BCUT2D eigenvalue weighted by Gasteiger charge is 2.16. The molecule has 0 heterocycles. The second-order valence-corrected chi connectivity index (χ2v) is 6.10. The summed E-state index contributed by atoms with van der Waals surface area (Å²) in [5.74, 6) is -1.59. The molecule has 0 saturated carbocycles. The van der Waals surface area contributed by atoms with Crippen LogP contribution >= 0.6 is 15.9 Å². The fraction of sp³-hybridized carbons (Fsp3) is 0.111. The maximum absolute atomic E-state index is 13.8. The van der Waals surface area contributed by atoms with Gasteiger partial charge in [0.15, 0.2) is 11.6 Å². The standard InChI is InChI=1S/C18H13BrF2/c19-16(15-6-3-7-17(20)18(15)21)11-12-8-9-13-4-1-2-5-14(13)10-12/h1-10,16H,11H2. The van der Waals surface area contributed by atoms with Crippen LogP contribution in [0.2, 0.25) is 0 Å². The van der Waals surface area contributed by atoms with Gasteiger partial charge in [-0.2, -0.15) is 0 Å². The molecule has 0 radical (unpaired) electrons. The zero-order valence-electron chi connectivity index (χ0n) is 11.2. The minimum Gasteiger partial charge on any atom is -0.204 e. The number of alkyl halides is 1. The summed E-state index contributed by atoms with van der Waals surface area (Å²) < 4.78 is 27.1. The van der Waals surface area contributed by atoms with E-state index in [1.54, 1.807) is 6.07 Å². The van der Waals surface area contributed by atoms with Gasteiger partial charge in [-0.3, -0.25) is 0 Å². The SMILES string of the molecule is Fc1cccc(C(Br)Cc2ccc3ccccc3c2)c1F. The number of fused-ring (bicyclic) bond motifs is 1. The second kappa shape index (κ2) is 5.94. The van der Waals surface area contributed by atoms with Crippen molar-refractivity contribution in [3.8, 4) is 0 Å². The molecule has 0 spiro atoms. The summed E-state index contributed by atoms with van der Waals surface area (Å²) in [4.78, 5) is -0.255. The third kappa shape index (κ3) is 2.98. The van der Waals surface area contributed by atoms with Gasteiger partial charge in [-0.25, -0.2) is 8.78 Å². The van der Waals surface area contributed by atoms with Crippen molar-refractivity contribution in [2.45, 2.75) is 11.2 Å². The number of hydrogen-bond acceptors (Lipinski definition) is 0. The third-order valence-electron chi connectivity index (χ3n) is 3.55. The van der Waals surface area contributed by atoms with Gasteiger partial charge in [0.05, 0.1) is 0 Å². The lowest BCUT2D eigenvalue weighted by Gasteiger charge is -2.12. The first-order valence-corrected chi connectivity index (χ1v) is 7.62. The lowest BCUT2D eigenvalue weighted by molar-refractivity contribution is 0.498. The fourth-order valence-corrected chi connectivity index (χ4v) is 3.17. The van der Waals surface area contributed by atoms with Crippen molar-refractivity contribution in [1.82, 2.24) is 0 Å². The maximum Gasteiger partial charge on any atom is 0.163 e. The molecule has 3 heteroatoms. The molecular formula is C18H13BrF2. The van der Waals surface area contributed by atoms with Gasteiger partial charge >= 0.3 is 0 Å². The highest BCUT2D eigenvalue weighted by atomic mass is 79.9. The Labute approximate surface area is 130 Å². The first-order valence-electron chi connectivity index (χ1n) is 6.71. The summed E-state index contributed by atoms with van der Waals surface area (Å²) in [7, 11) is 0. The Morgan fingerprint density at radius 1 is 0.857 bits per heavy atom. The van der Waals surface area contributed by atoms with E-state index in [0.29, 0.717) is 12.0 Å². The molecule has 0 fully saturated rings. The molecule has 3 rings (SSSR count). The van der Waals surface area contributed by atoms with Gasteiger partial charge < -0.3 is 0 Å². The van der Waals surface area contributed by atoms with Crippen molar-refractivity contribution in [3.63, 3.8) is 0 Å². The van der Waals surface area contributed by atoms with Crippen molar-refractivity contribution >= 4 is 26.7 Å². The molecule has 1 unspecified atom stereocenters. The molecule has 106 valence electrons. The Bertz CT molecular complexity index is 783. The van der Waals surface area contributed by atoms with Crippen molar-refractivity contribution in [2.24, 2.45) is 0 Å². The first-order chi connectivity index (χ1) is 10.1. The van der Waals surface area contributed by atoms with Gasteiger partial charge in [0.2, 0.25) is 0 Å². The molecule has 21 heavy (non-hydrogen) atoms. The third-order valence-corrected chi connectivity index (χ3v) is 4.36. The summed E-state index contributed by atoms with van der Waals surface area (Å²) in [6.07, 6.45) is 0.602. The number of benzene rings is 3. The largest absolute Gasteiger partial charge is 0.204 e. The maximum atomic E-state index is 13.8. The van der Waals surface area contributed by atoms with Crippen molar-refractivity contribution < 1.29 is 8.78 Å². The van der Waals surface area contributed by atoms with Gasteiger partial charge in [-0.1, -0.05) is 70.5 Å². The molecule has 0 aliphatic carbocycles. The Morgan fingerprint density at radius 2 is 1.62 bits per heavy atom. The lowest BCUT2D eigenvalue weighted by Crippen LogP contribution is -2.00. The van der Waals surface area contributed by atoms with Crippen LogP contribution in [-0.2, 0) is 6.42 Å². The predicted octanol–water partition coefficient (Wildman–Crippen LogP) is 5.80. The van der Waals surface area contributed by atoms with E-state index in [1.165, 1.54) is 11.5 Å². The summed E-state index contributed by atoms with van der Waals surface area (Å²) in [5.41, 5.74) is 1.43. The zero-order chi connectivity index (χ0) is 14.8. The molecule has 0 N–H and O–H groups in total. The van der Waals surface area contributed by atoms with Crippen LogP contribution in [0.5, 0.6) is 0 Å². The molecule has 0 amide bonds. The quantitative estimate of drug-likeness (QED) is 0.526. The first kappa shape index (κ1) is 14.2. The zero-order valence-corrected chi connectivity index (χ0v) is 12.8. The average Bonchev–Trinajstić information content (AvgIpc) is 2.50. The monoisotopic (exact) mass is 346 g/mol. The van der Waals surface area contributed by atoms with Gasteiger partial charge in [0.1, 0.15) is 0 Å². The minimum atomic E-state index is -0.810. The van der Waals surface area contributed by atoms with Crippen LogP contribution in [0, 0.1) is 11.6 Å². The van der Waals surface area contributed by atoms with Crippen LogP contribution in [0.15, 0.2) is 60.7 Å². The molecule has 3 aromatic rings. The number of hydrogen-bond donors (Lipinski definition) is 0. The Kier molecular flexibility index (Phi) is 4.02. The van der Waals surface area contributed by atoms with Crippen LogP contribution in [0.1, 0.15) is 16.0 Å². The summed E-state index contributed by atoms with van der Waals surface area (Å²) in [5, 5.41) is 2.32. The molecule has 0 aromatic heterocycles. The van der Waals surface area contributed by atoms with Gasteiger partial charge in [0.25, 0.3) is 0 Å². The molecule has 0 aliphatic heterocycles. The molecular weight excluding hydrogens is 334 g/mol. The molecule has 0 saturated heterocycles. The van der Waals surface area contributed by atoms with E-state index >= 15 is 0 Å². The number of rotatable bonds is 3. The number of halogens is 3. The van der Waals surface area contributed by atoms with Crippen LogP contribution in [-0.4, -0.2) is 0 Å². The predicted molar refractivity (Wildman–Crippen MR) is 85.7 cm³/mol. The van der Waals surface area contributed by atoms with Crippen LogP contribution in [0.25, 0.3) is 10.8 Å². The van der Waals surface area contributed by atoms with Crippen molar-refractivity contribution in [2.75, 3.05) is 0 Å². The Hall–Kier alpha value is -1.74. The van der Waals surface area contributed by atoms with E-state index in [0.717, 1.165) is 17.0 Å². The van der Waals surface area contributed by atoms with Gasteiger partial charge in [0, 0.05) is 10.4 Å². The van der Waals surface area contributed by atoms with E-state index in [4.69, 9.17) is 0 Å². The Morgan fingerprint density at radius 3 is 2.43 bits per heavy atom. The summed E-state index contributed by atoms with van der Waals surface area (Å²) in [6.45, 7) is 0. The molecule has 0 aliphatic rings. The summed E-state index contributed by atoms with van der Waals surface area (Å²) in [6, 6.07) is 18.5. The van der Waals surface area contributed by atoms with Crippen molar-refractivity contribution in [3.05, 3.63) is 83.4 Å². The molecule has 0 nitrogen and oxygen atoms in total. The van der Waals surface area contributed by atoms with E-state index < -0.39 is 11.6 Å². The van der Waals surface area contributed by atoms with Crippen LogP contribution in [0.3, 0.4) is 0 Å². The topological polar surface area (TPSA) is 0 Å².